The van der Waals surface area contributed by atoms with E-state index < -0.39 is 0 Å². The Morgan fingerprint density at radius 2 is 2.10 bits per heavy atom. The predicted octanol–water partition coefficient (Wildman–Crippen LogP) is 1.12. The SMILES string of the molecule is COc1ccc(CN(C)CC2CNCCO2)cc1OC. The number of methoxy groups -OCH3 is 2. The Morgan fingerprint density at radius 1 is 1.30 bits per heavy atom. The molecule has 1 atom stereocenters. The molecule has 0 spiro atoms. The van der Waals surface area contributed by atoms with E-state index in [0.717, 1.165) is 44.3 Å². The highest BCUT2D eigenvalue weighted by Crippen LogP contribution is 2.27. The molecule has 5 nitrogen and oxygen atoms in total. The zero-order valence-electron chi connectivity index (χ0n) is 12.5. The first-order valence-corrected chi connectivity index (χ1v) is 6.94. The van der Waals surface area contributed by atoms with Gasteiger partial charge in [0.25, 0.3) is 0 Å². The van der Waals surface area contributed by atoms with Crippen molar-refractivity contribution in [2.45, 2.75) is 12.6 Å². The molecule has 1 unspecified atom stereocenters. The van der Waals surface area contributed by atoms with Gasteiger partial charge in [0.1, 0.15) is 0 Å². The number of rotatable bonds is 6. The lowest BCUT2D eigenvalue weighted by molar-refractivity contribution is 0.00884. The Labute approximate surface area is 120 Å². The van der Waals surface area contributed by atoms with Crippen molar-refractivity contribution < 1.29 is 14.2 Å². The summed E-state index contributed by atoms with van der Waals surface area (Å²) in [5, 5.41) is 3.35. The van der Waals surface area contributed by atoms with Gasteiger partial charge in [0.2, 0.25) is 0 Å². The standard InChI is InChI=1S/C15H24N2O3/c1-17(11-13-9-16-6-7-20-13)10-12-4-5-14(18-2)15(8-12)19-3/h4-5,8,13,16H,6-7,9-11H2,1-3H3. The van der Waals surface area contributed by atoms with E-state index >= 15 is 0 Å². The normalized spacial score (nSPS) is 19.1. The molecule has 1 aromatic rings. The number of nitrogens with one attached hydrogen (secondary N) is 1. The second-order valence-electron chi connectivity index (χ2n) is 5.08. The maximum Gasteiger partial charge on any atom is 0.161 e. The predicted molar refractivity (Wildman–Crippen MR) is 78.5 cm³/mol. The molecule has 1 aliphatic heterocycles. The summed E-state index contributed by atoms with van der Waals surface area (Å²) in [5.41, 5.74) is 1.20. The van der Waals surface area contributed by atoms with Crippen LogP contribution in [-0.2, 0) is 11.3 Å². The molecule has 0 aromatic heterocycles. The van der Waals surface area contributed by atoms with Crippen LogP contribution in [0.15, 0.2) is 18.2 Å². The lowest BCUT2D eigenvalue weighted by Crippen LogP contribution is -2.44. The van der Waals surface area contributed by atoms with Crippen LogP contribution in [0.25, 0.3) is 0 Å². The van der Waals surface area contributed by atoms with Gasteiger partial charge < -0.3 is 19.5 Å². The highest BCUT2D eigenvalue weighted by atomic mass is 16.5. The monoisotopic (exact) mass is 280 g/mol. The fourth-order valence-electron chi connectivity index (χ4n) is 2.44. The number of morpholine rings is 1. The summed E-state index contributed by atoms with van der Waals surface area (Å²) < 4.78 is 16.3. The minimum atomic E-state index is 0.272. The fraction of sp³-hybridized carbons (Fsp3) is 0.600. The van der Waals surface area contributed by atoms with E-state index in [2.05, 4.69) is 23.3 Å². The van der Waals surface area contributed by atoms with E-state index in [-0.39, 0.29) is 6.10 Å². The molecule has 1 saturated heterocycles. The highest BCUT2D eigenvalue weighted by Gasteiger charge is 2.16. The van der Waals surface area contributed by atoms with Crippen LogP contribution in [0.3, 0.4) is 0 Å². The molecule has 20 heavy (non-hydrogen) atoms. The van der Waals surface area contributed by atoms with Crippen molar-refractivity contribution in [1.29, 1.82) is 0 Å². The summed E-state index contributed by atoms with van der Waals surface area (Å²) in [6.45, 7) is 4.46. The third-order valence-corrected chi connectivity index (χ3v) is 3.42. The van der Waals surface area contributed by atoms with E-state index in [9.17, 15) is 0 Å². The van der Waals surface area contributed by atoms with Crippen molar-refractivity contribution in [1.82, 2.24) is 10.2 Å². The zero-order chi connectivity index (χ0) is 14.4. The maximum absolute atomic E-state index is 5.72. The van der Waals surface area contributed by atoms with Crippen LogP contribution in [-0.4, -0.2) is 58.5 Å². The molecule has 0 saturated carbocycles. The minimum absolute atomic E-state index is 0.272. The van der Waals surface area contributed by atoms with Crippen molar-refractivity contribution in [2.24, 2.45) is 0 Å². The van der Waals surface area contributed by atoms with Crippen LogP contribution in [0.1, 0.15) is 5.56 Å². The number of nitrogens with zero attached hydrogens (tertiary/aromatic N) is 1. The Morgan fingerprint density at radius 3 is 2.75 bits per heavy atom. The smallest absolute Gasteiger partial charge is 0.161 e. The van der Waals surface area contributed by atoms with E-state index in [4.69, 9.17) is 14.2 Å². The summed E-state index contributed by atoms with van der Waals surface area (Å²) in [6.07, 6.45) is 0.272. The molecular formula is C15H24N2O3. The second kappa shape index (κ2) is 7.47. The van der Waals surface area contributed by atoms with Crippen LogP contribution >= 0.6 is 0 Å². The Hall–Kier alpha value is -1.30. The molecule has 1 aliphatic rings. The van der Waals surface area contributed by atoms with E-state index in [1.54, 1.807) is 14.2 Å². The molecule has 0 aliphatic carbocycles. The number of hydrogen-bond donors (Lipinski definition) is 1. The minimum Gasteiger partial charge on any atom is -0.493 e. The summed E-state index contributed by atoms with van der Waals surface area (Å²) in [6, 6.07) is 6.04. The van der Waals surface area contributed by atoms with Gasteiger partial charge in [-0.1, -0.05) is 6.07 Å². The van der Waals surface area contributed by atoms with Crippen molar-refractivity contribution in [3.63, 3.8) is 0 Å². The van der Waals surface area contributed by atoms with Gasteiger partial charge in [-0.3, -0.25) is 4.90 Å². The Kier molecular flexibility index (Phi) is 5.64. The second-order valence-corrected chi connectivity index (χ2v) is 5.08. The lowest BCUT2D eigenvalue weighted by atomic mass is 10.2. The number of ether oxygens (including phenoxy) is 3. The van der Waals surface area contributed by atoms with Crippen LogP contribution in [0, 0.1) is 0 Å². The van der Waals surface area contributed by atoms with Crippen LogP contribution in [0.5, 0.6) is 11.5 Å². The first-order chi connectivity index (χ1) is 9.72. The fourth-order valence-corrected chi connectivity index (χ4v) is 2.44. The summed E-state index contributed by atoms with van der Waals surface area (Å²) in [4.78, 5) is 2.26. The van der Waals surface area contributed by atoms with Crippen LogP contribution in [0.2, 0.25) is 0 Å². The number of likely N-dealkylation sites (N-methyl/N-ethyl adjacent to an activating group) is 1. The molecule has 1 aromatic carbocycles. The first kappa shape index (κ1) is 15.1. The van der Waals surface area contributed by atoms with Gasteiger partial charge >= 0.3 is 0 Å². The van der Waals surface area contributed by atoms with E-state index in [1.807, 2.05) is 12.1 Å². The highest BCUT2D eigenvalue weighted by molar-refractivity contribution is 5.42. The lowest BCUT2D eigenvalue weighted by Gasteiger charge is -2.28. The number of benzene rings is 1. The third-order valence-electron chi connectivity index (χ3n) is 3.42. The topological polar surface area (TPSA) is 43.0 Å². The van der Waals surface area contributed by atoms with Crippen molar-refractivity contribution in [2.75, 3.05) is 47.5 Å². The van der Waals surface area contributed by atoms with Crippen molar-refractivity contribution >= 4 is 0 Å². The Bertz CT molecular complexity index is 420. The molecule has 0 bridgehead atoms. The molecule has 1 heterocycles. The zero-order valence-corrected chi connectivity index (χ0v) is 12.5. The van der Waals surface area contributed by atoms with Gasteiger partial charge in [0.05, 0.1) is 26.9 Å². The molecule has 0 radical (unpaired) electrons. The van der Waals surface area contributed by atoms with Gasteiger partial charge in [-0.25, -0.2) is 0 Å². The van der Waals surface area contributed by atoms with Gasteiger partial charge in [0.15, 0.2) is 11.5 Å². The van der Waals surface area contributed by atoms with Gasteiger partial charge in [-0.15, -0.1) is 0 Å². The van der Waals surface area contributed by atoms with Gasteiger partial charge in [0, 0.05) is 26.2 Å². The summed E-state index contributed by atoms with van der Waals surface area (Å²) in [5.74, 6) is 1.53. The molecule has 1 fully saturated rings. The molecule has 1 N–H and O–H groups in total. The van der Waals surface area contributed by atoms with Crippen LogP contribution < -0.4 is 14.8 Å². The van der Waals surface area contributed by atoms with Crippen molar-refractivity contribution in [3.05, 3.63) is 23.8 Å². The van der Waals surface area contributed by atoms with Crippen molar-refractivity contribution in [3.8, 4) is 11.5 Å². The Balaban J connectivity index is 1.91. The summed E-state index contributed by atoms with van der Waals surface area (Å²) >= 11 is 0. The average Bonchev–Trinajstić information content (AvgIpc) is 2.48. The third kappa shape index (κ3) is 4.10. The van der Waals surface area contributed by atoms with E-state index in [1.165, 1.54) is 5.56 Å². The average molecular weight is 280 g/mol. The van der Waals surface area contributed by atoms with Gasteiger partial charge in [-0.2, -0.15) is 0 Å². The summed E-state index contributed by atoms with van der Waals surface area (Å²) in [7, 11) is 5.42. The molecular weight excluding hydrogens is 256 g/mol. The molecule has 2 rings (SSSR count). The maximum atomic E-state index is 5.72. The largest absolute Gasteiger partial charge is 0.493 e. The van der Waals surface area contributed by atoms with Crippen LogP contribution in [0.4, 0.5) is 0 Å². The number of hydrogen-bond acceptors (Lipinski definition) is 5. The molecule has 5 heteroatoms. The first-order valence-electron chi connectivity index (χ1n) is 6.94. The molecule has 112 valence electrons. The van der Waals surface area contributed by atoms with E-state index in [0.29, 0.717) is 0 Å². The molecule has 0 amide bonds. The van der Waals surface area contributed by atoms with Gasteiger partial charge in [-0.05, 0) is 24.7 Å². The quantitative estimate of drug-likeness (QED) is 0.846.